The summed E-state index contributed by atoms with van der Waals surface area (Å²) in [6.07, 6.45) is 1.61. The molecule has 0 aromatic heterocycles. The largest absolute Gasteiger partial charge is 0.493 e. The molecule has 0 fully saturated rings. The van der Waals surface area contributed by atoms with Gasteiger partial charge in [0.05, 0.1) is 26.3 Å². The normalized spacial score (nSPS) is 16.9. The molecule has 1 aliphatic rings. The number of fused-ring (bicyclic) bond motifs is 1. The van der Waals surface area contributed by atoms with Gasteiger partial charge in [-0.3, -0.25) is 4.90 Å². The van der Waals surface area contributed by atoms with Crippen LogP contribution in [0.25, 0.3) is 0 Å². The van der Waals surface area contributed by atoms with Crippen LogP contribution < -0.4 is 20.1 Å². The number of amides is 2. The first-order valence-electron chi connectivity index (χ1n) is 10.8. The average molecular weight is 430 g/mol. The number of carbonyl (C=O) groups is 1. The summed E-state index contributed by atoms with van der Waals surface area (Å²) in [7, 11) is 3.26. The fourth-order valence-corrected chi connectivity index (χ4v) is 4.29. The fraction of sp³-hybridized carbons (Fsp3) is 0.458. The van der Waals surface area contributed by atoms with Gasteiger partial charge < -0.3 is 20.1 Å². The van der Waals surface area contributed by atoms with Gasteiger partial charge in [0.25, 0.3) is 0 Å². The topological polar surface area (TPSA) is 62.8 Å². The third kappa shape index (κ3) is 5.28. The molecule has 0 saturated heterocycles. The Morgan fingerprint density at radius 1 is 1.16 bits per heavy atom. The summed E-state index contributed by atoms with van der Waals surface area (Å²) in [5.74, 6) is 1.13. The molecule has 7 heteroatoms. The maximum absolute atomic E-state index is 13.4. The van der Waals surface area contributed by atoms with E-state index in [4.69, 9.17) is 9.47 Å². The van der Waals surface area contributed by atoms with Crippen molar-refractivity contribution in [3.8, 4) is 11.5 Å². The van der Waals surface area contributed by atoms with Gasteiger partial charge in [-0.25, -0.2) is 9.18 Å². The first-order valence-corrected chi connectivity index (χ1v) is 10.8. The zero-order valence-electron chi connectivity index (χ0n) is 18.7. The summed E-state index contributed by atoms with van der Waals surface area (Å²) >= 11 is 0. The van der Waals surface area contributed by atoms with Crippen molar-refractivity contribution in [2.24, 2.45) is 0 Å². The first-order chi connectivity index (χ1) is 15.0. The van der Waals surface area contributed by atoms with Gasteiger partial charge in [0.15, 0.2) is 11.5 Å². The molecule has 2 N–H and O–H groups in total. The van der Waals surface area contributed by atoms with Gasteiger partial charge >= 0.3 is 6.03 Å². The van der Waals surface area contributed by atoms with Gasteiger partial charge in [-0.1, -0.05) is 19.1 Å². The van der Waals surface area contributed by atoms with Gasteiger partial charge in [0, 0.05) is 19.6 Å². The van der Waals surface area contributed by atoms with E-state index in [9.17, 15) is 9.18 Å². The number of nitrogens with one attached hydrogen (secondary N) is 2. The minimum atomic E-state index is -0.245. The smallest absolute Gasteiger partial charge is 0.315 e. The number of methoxy groups -OCH3 is 2. The zero-order chi connectivity index (χ0) is 22.4. The maximum atomic E-state index is 13.4. The van der Waals surface area contributed by atoms with Crippen LogP contribution in [0.2, 0.25) is 0 Å². The number of hydrogen-bond acceptors (Lipinski definition) is 4. The molecule has 0 unspecified atom stereocenters. The lowest BCUT2D eigenvalue weighted by Crippen LogP contribution is -2.50. The molecule has 6 nitrogen and oxygen atoms in total. The van der Waals surface area contributed by atoms with Crippen molar-refractivity contribution < 1.29 is 18.7 Å². The molecule has 0 bridgehead atoms. The number of rotatable bonds is 8. The van der Waals surface area contributed by atoms with Crippen LogP contribution >= 0.6 is 0 Å². The highest BCUT2D eigenvalue weighted by Gasteiger charge is 2.35. The second kappa shape index (κ2) is 10.5. The lowest BCUT2D eigenvalue weighted by Gasteiger charge is -2.42. The van der Waals surface area contributed by atoms with E-state index in [1.807, 2.05) is 31.2 Å². The summed E-state index contributed by atoms with van der Waals surface area (Å²) in [6, 6.07) is 10.3. The molecular formula is C24H32FN3O3. The molecule has 168 valence electrons. The standard InChI is InChI=1S/C24H32FN3O3/c1-5-20(27-24(29)26-6-2)23-19-14-22(31-4)21(30-3)13-17(19)11-12-28(23)15-16-7-9-18(25)10-8-16/h7-10,13-14,20,23H,5-6,11-12,15H2,1-4H3,(H2,26,27,29)/t20-,23-/m0/s1. The second-order valence-electron chi connectivity index (χ2n) is 7.72. The van der Waals surface area contributed by atoms with Crippen molar-refractivity contribution >= 4 is 6.03 Å². The van der Waals surface area contributed by atoms with E-state index in [2.05, 4.69) is 22.5 Å². The van der Waals surface area contributed by atoms with E-state index in [1.165, 1.54) is 17.7 Å². The highest BCUT2D eigenvalue weighted by Crippen LogP contribution is 2.40. The molecule has 0 saturated carbocycles. The van der Waals surface area contributed by atoms with Crippen molar-refractivity contribution in [3.63, 3.8) is 0 Å². The van der Waals surface area contributed by atoms with E-state index in [0.29, 0.717) is 24.6 Å². The summed E-state index contributed by atoms with van der Waals surface area (Å²) in [4.78, 5) is 14.7. The quantitative estimate of drug-likeness (QED) is 0.665. The van der Waals surface area contributed by atoms with E-state index < -0.39 is 0 Å². The van der Waals surface area contributed by atoms with Crippen LogP contribution in [-0.2, 0) is 13.0 Å². The Morgan fingerprint density at radius 2 is 1.84 bits per heavy atom. The van der Waals surface area contributed by atoms with E-state index in [-0.39, 0.29) is 23.9 Å². The van der Waals surface area contributed by atoms with Gasteiger partial charge in [-0.15, -0.1) is 0 Å². The van der Waals surface area contributed by atoms with Crippen LogP contribution in [0.1, 0.15) is 43.0 Å². The zero-order valence-corrected chi connectivity index (χ0v) is 18.7. The van der Waals surface area contributed by atoms with Crippen LogP contribution in [0, 0.1) is 5.82 Å². The number of halogens is 1. The highest BCUT2D eigenvalue weighted by molar-refractivity contribution is 5.74. The Bertz CT molecular complexity index is 888. The molecule has 2 aromatic carbocycles. The number of urea groups is 1. The Balaban J connectivity index is 2.00. The van der Waals surface area contributed by atoms with Crippen LogP contribution in [0.5, 0.6) is 11.5 Å². The molecule has 1 heterocycles. The summed E-state index contributed by atoms with van der Waals surface area (Å²) < 4.78 is 24.5. The molecule has 2 aromatic rings. The molecule has 2 atom stereocenters. The molecule has 31 heavy (non-hydrogen) atoms. The van der Waals surface area contributed by atoms with Crippen LogP contribution in [-0.4, -0.2) is 44.3 Å². The molecule has 2 amide bonds. The number of ether oxygens (including phenoxy) is 2. The van der Waals surface area contributed by atoms with Gasteiger partial charge in [0.2, 0.25) is 0 Å². The predicted octanol–water partition coefficient (Wildman–Crippen LogP) is 4.04. The predicted molar refractivity (Wildman–Crippen MR) is 119 cm³/mol. The Labute approximate surface area is 183 Å². The van der Waals surface area contributed by atoms with Crippen molar-refractivity contribution in [1.82, 2.24) is 15.5 Å². The van der Waals surface area contributed by atoms with Crippen molar-refractivity contribution in [3.05, 3.63) is 58.9 Å². The lowest BCUT2D eigenvalue weighted by molar-refractivity contribution is 0.135. The van der Waals surface area contributed by atoms with Crippen molar-refractivity contribution in [2.75, 3.05) is 27.3 Å². The minimum absolute atomic E-state index is 0.0544. The summed E-state index contributed by atoms with van der Waals surface area (Å²) in [6.45, 7) is 6.01. The van der Waals surface area contributed by atoms with E-state index >= 15 is 0 Å². The fourth-order valence-electron chi connectivity index (χ4n) is 4.29. The van der Waals surface area contributed by atoms with Crippen LogP contribution in [0.3, 0.4) is 0 Å². The van der Waals surface area contributed by atoms with E-state index in [1.54, 1.807) is 14.2 Å². The molecule has 0 aliphatic carbocycles. The number of benzene rings is 2. The van der Waals surface area contributed by atoms with Crippen molar-refractivity contribution in [2.45, 2.75) is 45.3 Å². The number of hydrogen-bond donors (Lipinski definition) is 2. The SMILES string of the molecule is CCNC(=O)N[C@@H](CC)[C@@H]1c2cc(OC)c(OC)cc2CCN1Cc1ccc(F)cc1. The number of nitrogens with zero attached hydrogens (tertiary/aromatic N) is 1. The minimum Gasteiger partial charge on any atom is -0.493 e. The third-order valence-corrected chi connectivity index (χ3v) is 5.80. The Hall–Kier alpha value is -2.80. The van der Waals surface area contributed by atoms with Crippen LogP contribution in [0.15, 0.2) is 36.4 Å². The molecule has 3 rings (SSSR count). The Morgan fingerprint density at radius 3 is 2.45 bits per heavy atom. The van der Waals surface area contributed by atoms with E-state index in [0.717, 1.165) is 30.5 Å². The second-order valence-corrected chi connectivity index (χ2v) is 7.72. The molecule has 0 radical (unpaired) electrons. The number of carbonyl (C=O) groups excluding carboxylic acids is 1. The lowest BCUT2D eigenvalue weighted by atomic mass is 9.86. The summed E-state index contributed by atoms with van der Waals surface area (Å²) in [5, 5.41) is 5.98. The Kier molecular flexibility index (Phi) is 7.74. The molecular weight excluding hydrogens is 397 g/mol. The van der Waals surface area contributed by atoms with Gasteiger partial charge in [-0.05, 0) is 60.7 Å². The van der Waals surface area contributed by atoms with Gasteiger partial charge in [0.1, 0.15) is 5.82 Å². The highest BCUT2D eigenvalue weighted by atomic mass is 19.1. The molecule has 0 spiro atoms. The molecule has 1 aliphatic heterocycles. The third-order valence-electron chi connectivity index (χ3n) is 5.80. The summed E-state index contributed by atoms with van der Waals surface area (Å²) in [5.41, 5.74) is 3.34. The maximum Gasteiger partial charge on any atom is 0.315 e. The van der Waals surface area contributed by atoms with Crippen LogP contribution in [0.4, 0.5) is 9.18 Å². The average Bonchev–Trinajstić information content (AvgIpc) is 2.78. The first kappa shape index (κ1) is 22.9. The van der Waals surface area contributed by atoms with Gasteiger partial charge in [-0.2, -0.15) is 0 Å². The van der Waals surface area contributed by atoms with Crippen molar-refractivity contribution in [1.29, 1.82) is 0 Å². The monoisotopic (exact) mass is 429 g/mol.